The van der Waals surface area contributed by atoms with Gasteiger partial charge in [-0.15, -0.1) is 0 Å². The largest absolute Gasteiger partial charge is 0.493 e. The van der Waals surface area contributed by atoms with Crippen molar-refractivity contribution in [3.05, 3.63) is 41.5 Å². The van der Waals surface area contributed by atoms with Gasteiger partial charge in [-0.05, 0) is 61.8 Å². The first-order chi connectivity index (χ1) is 16.9. The number of methoxy groups -OCH3 is 2. The van der Waals surface area contributed by atoms with Crippen LogP contribution in [0.15, 0.2) is 30.3 Å². The van der Waals surface area contributed by atoms with Gasteiger partial charge in [-0.25, -0.2) is 0 Å². The molecule has 1 saturated heterocycles. The first-order valence-electron chi connectivity index (χ1n) is 12.2. The van der Waals surface area contributed by atoms with E-state index in [1.165, 1.54) is 0 Å². The maximum atomic E-state index is 13.5. The van der Waals surface area contributed by atoms with Crippen molar-refractivity contribution in [2.24, 2.45) is 0 Å². The Morgan fingerprint density at radius 3 is 2.60 bits per heavy atom. The Kier molecular flexibility index (Phi) is 7.80. The van der Waals surface area contributed by atoms with Crippen LogP contribution < -0.4 is 19.5 Å². The van der Waals surface area contributed by atoms with Crippen LogP contribution in [-0.4, -0.2) is 75.2 Å². The van der Waals surface area contributed by atoms with Crippen LogP contribution in [0.3, 0.4) is 0 Å². The number of carbonyl (C=O) groups excluding carboxylic acids is 2. The summed E-state index contributed by atoms with van der Waals surface area (Å²) in [7, 11) is 5.27. The molecule has 0 radical (unpaired) electrons. The van der Waals surface area contributed by atoms with Crippen LogP contribution in [-0.2, 0) is 11.3 Å². The summed E-state index contributed by atoms with van der Waals surface area (Å²) in [5.41, 5.74) is 3.05. The fraction of sp³-hybridized carbons (Fsp3) is 0.481. The summed E-state index contributed by atoms with van der Waals surface area (Å²) in [5, 5.41) is 3.21. The first kappa shape index (κ1) is 24.9. The molecule has 0 spiro atoms. The molecule has 4 rings (SSSR count). The molecule has 1 atom stereocenters. The lowest BCUT2D eigenvalue weighted by Gasteiger charge is -2.30. The summed E-state index contributed by atoms with van der Waals surface area (Å²) < 4.78 is 17.0. The number of ether oxygens (including phenoxy) is 3. The maximum Gasteiger partial charge on any atom is 0.255 e. The molecule has 8 heteroatoms. The molecule has 2 aliphatic heterocycles. The third kappa shape index (κ3) is 5.53. The number of nitrogens with one attached hydrogen (secondary N) is 1. The molecule has 2 aromatic rings. The molecule has 1 fully saturated rings. The van der Waals surface area contributed by atoms with Gasteiger partial charge in [0.1, 0.15) is 12.4 Å². The first-order valence-corrected chi connectivity index (χ1v) is 12.2. The lowest BCUT2D eigenvalue weighted by molar-refractivity contribution is -0.131. The Balaban J connectivity index is 1.75. The topological polar surface area (TPSA) is 80.3 Å². The van der Waals surface area contributed by atoms with Crippen LogP contribution >= 0.6 is 0 Å². The van der Waals surface area contributed by atoms with Crippen molar-refractivity contribution in [2.45, 2.75) is 38.8 Å². The summed E-state index contributed by atoms with van der Waals surface area (Å²) in [4.78, 5) is 30.1. The number of hydrogen-bond acceptors (Lipinski definition) is 6. The number of hydrogen-bond donors (Lipinski definition) is 1. The monoisotopic (exact) mass is 481 g/mol. The maximum absolute atomic E-state index is 13.5. The van der Waals surface area contributed by atoms with Crippen LogP contribution in [0.5, 0.6) is 17.2 Å². The molecule has 2 amide bonds. The Hall–Kier alpha value is -3.26. The van der Waals surface area contributed by atoms with Crippen LogP contribution in [0, 0.1) is 0 Å². The van der Waals surface area contributed by atoms with E-state index in [-0.39, 0.29) is 17.9 Å². The van der Waals surface area contributed by atoms with Crippen molar-refractivity contribution < 1.29 is 23.8 Å². The predicted octanol–water partition coefficient (Wildman–Crippen LogP) is 3.33. The lowest BCUT2D eigenvalue weighted by Crippen LogP contribution is -2.46. The van der Waals surface area contributed by atoms with Gasteiger partial charge in [0.15, 0.2) is 11.5 Å². The number of amides is 2. The summed E-state index contributed by atoms with van der Waals surface area (Å²) in [5.74, 6) is 1.71. The van der Waals surface area contributed by atoms with Crippen molar-refractivity contribution in [2.75, 3.05) is 47.5 Å². The van der Waals surface area contributed by atoms with Gasteiger partial charge >= 0.3 is 0 Å². The smallest absolute Gasteiger partial charge is 0.255 e. The minimum Gasteiger partial charge on any atom is -0.493 e. The second kappa shape index (κ2) is 11.0. The molecule has 35 heavy (non-hydrogen) atoms. The highest BCUT2D eigenvalue weighted by Crippen LogP contribution is 2.37. The molecule has 1 N–H and O–H groups in total. The van der Waals surface area contributed by atoms with E-state index < -0.39 is 0 Å². The Labute approximate surface area is 207 Å². The van der Waals surface area contributed by atoms with Crippen LogP contribution in [0.25, 0.3) is 11.1 Å². The number of fused-ring (bicyclic) bond motifs is 1. The van der Waals surface area contributed by atoms with E-state index in [1.807, 2.05) is 37.3 Å². The number of rotatable bonds is 6. The number of likely N-dealkylation sites (N-methyl/N-ethyl adjacent to an activating group) is 1. The van der Waals surface area contributed by atoms with E-state index in [2.05, 4.69) is 17.3 Å². The van der Waals surface area contributed by atoms with Gasteiger partial charge in [0.25, 0.3) is 5.91 Å². The Morgan fingerprint density at radius 1 is 1.09 bits per heavy atom. The Bertz CT molecular complexity index is 1090. The van der Waals surface area contributed by atoms with Crippen molar-refractivity contribution in [1.29, 1.82) is 0 Å². The van der Waals surface area contributed by atoms with E-state index in [0.717, 1.165) is 42.6 Å². The second-order valence-electron chi connectivity index (χ2n) is 9.17. The summed E-state index contributed by atoms with van der Waals surface area (Å²) in [6.07, 6.45) is 2.43. The van der Waals surface area contributed by atoms with E-state index in [9.17, 15) is 9.59 Å². The number of nitrogens with zero attached hydrogens (tertiary/aromatic N) is 2. The van der Waals surface area contributed by atoms with E-state index in [4.69, 9.17) is 14.2 Å². The van der Waals surface area contributed by atoms with Gasteiger partial charge < -0.3 is 29.3 Å². The van der Waals surface area contributed by atoms with Crippen molar-refractivity contribution in [1.82, 2.24) is 15.1 Å². The lowest BCUT2D eigenvalue weighted by atomic mass is 9.97. The molecule has 2 heterocycles. The number of carbonyl (C=O) groups is 2. The zero-order valence-electron chi connectivity index (χ0n) is 21.1. The number of likely N-dealkylation sites (tertiary alicyclic amines) is 1. The van der Waals surface area contributed by atoms with Crippen molar-refractivity contribution >= 4 is 11.8 Å². The normalized spacial score (nSPS) is 18.2. The SMILES string of the molecule is CCC(=O)N1CCOc2c(cc(-c3ccc(OC)c(OC)c3)cc2C(=O)N[C@H]2CCCN(C)C2)C1. The fourth-order valence-electron chi connectivity index (χ4n) is 4.85. The molecule has 8 nitrogen and oxygen atoms in total. The second-order valence-corrected chi connectivity index (χ2v) is 9.17. The highest BCUT2D eigenvalue weighted by Gasteiger charge is 2.27. The van der Waals surface area contributed by atoms with Gasteiger partial charge in [-0.1, -0.05) is 13.0 Å². The van der Waals surface area contributed by atoms with Crippen LogP contribution in [0.1, 0.15) is 42.1 Å². The summed E-state index contributed by atoms with van der Waals surface area (Å²) in [6, 6.07) is 9.65. The average molecular weight is 482 g/mol. The summed E-state index contributed by atoms with van der Waals surface area (Å²) in [6.45, 7) is 4.96. The molecule has 0 bridgehead atoms. The molecule has 0 unspecified atom stereocenters. The molecular formula is C27H35N3O5. The molecule has 2 aromatic carbocycles. The summed E-state index contributed by atoms with van der Waals surface area (Å²) >= 11 is 0. The fourth-order valence-corrected chi connectivity index (χ4v) is 4.85. The molecular weight excluding hydrogens is 446 g/mol. The molecule has 0 aliphatic carbocycles. The van der Waals surface area contributed by atoms with E-state index in [1.54, 1.807) is 19.1 Å². The number of piperidine rings is 1. The minimum absolute atomic E-state index is 0.0641. The minimum atomic E-state index is -0.154. The third-order valence-corrected chi connectivity index (χ3v) is 6.71. The average Bonchev–Trinajstić information content (AvgIpc) is 3.09. The van der Waals surface area contributed by atoms with Gasteiger partial charge in [-0.3, -0.25) is 9.59 Å². The standard InChI is InChI=1S/C27H35N3O5/c1-5-25(31)30-11-12-35-26-20(16-30)13-19(18-8-9-23(33-3)24(15-18)34-4)14-22(26)27(32)28-21-7-6-10-29(2)17-21/h8-9,13-15,21H,5-7,10-12,16-17H2,1-4H3,(H,28,32)/t21-/m0/s1. The molecule has 188 valence electrons. The van der Waals surface area contributed by atoms with Gasteiger partial charge in [0.05, 0.1) is 26.3 Å². The zero-order valence-corrected chi connectivity index (χ0v) is 21.1. The molecule has 0 saturated carbocycles. The quantitative estimate of drug-likeness (QED) is 0.682. The predicted molar refractivity (Wildman–Crippen MR) is 134 cm³/mol. The van der Waals surface area contributed by atoms with Crippen molar-refractivity contribution in [3.8, 4) is 28.4 Å². The Morgan fingerprint density at radius 2 is 1.89 bits per heavy atom. The van der Waals surface area contributed by atoms with Crippen LogP contribution in [0.2, 0.25) is 0 Å². The number of benzene rings is 2. The molecule has 0 aromatic heterocycles. The van der Waals surface area contributed by atoms with Gasteiger partial charge in [0, 0.05) is 31.1 Å². The third-order valence-electron chi connectivity index (χ3n) is 6.71. The van der Waals surface area contributed by atoms with Gasteiger partial charge in [-0.2, -0.15) is 0 Å². The van der Waals surface area contributed by atoms with Crippen LogP contribution in [0.4, 0.5) is 0 Å². The van der Waals surface area contributed by atoms with Crippen molar-refractivity contribution in [3.63, 3.8) is 0 Å². The highest BCUT2D eigenvalue weighted by molar-refractivity contribution is 5.99. The molecule has 2 aliphatic rings. The zero-order chi connectivity index (χ0) is 24.9. The van der Waals surface area contributed by atoms with E-state index >= 15 is 0 Å². The van der Waals surface area contributed by atoms with Gasteiger partial charge in [0.2, 0.25) is 5.91 Å². The van der Waals surface area contributed by atoms with E-state index in [0.29, 0.717) is 48.9 Å². The highest BCUT2D eigenvalue weighted by atomic mass is 16.5.